The minimum Gasteiger partial charge on any atom is -0.361 e. The quantitative estimate of drug-likeness (QED) is 0.771. The van der Waals surface area contributed by atoms with Crippen molar-refractivity contribution in [1.82, 2.24) is 24.3 Å². The summed E-state index contributed by atoms with van der Waals surface area (Å²) < 4.78 is 7.85. The summed E-state index contributed by atoms with van der Waals surface area (Å²) in [6.45, 7) is 6.56. The van der Waals surface area contributed by atoms with Gasteiger partial charge in [0.05, 0.1) is 0 Å². The first-order valence-corrected chi connectivity index (χ1v) is 7.73. The van der Waals surface area contributed by atoms with Gasteiger partial charge in [-0.05, 0) is 19.8 Å². The fraction of sp³-hybridized carbons (Fsp3) is 0.467. The van der Waals surface area contributed by atoms with Gasteiger partial charge in [0.15, 0.2) is 11.5 Å². The highest BCUT2D eigenvalue weighted by Gasteiger charge is 2.18. The molecule has 0 unspecified atom stereocenters. The molecule has 0 aromatic carbocycles. The summed E-state index contributed by atoms with van der Waals surface area (Å²) in [5, 5.41) is 3.90. The minimum atomic E-state index is -0.349. The van der Waals surface area contributed by atoms with Crippen molar-refractivity contribution in [3.63, 3.8) is 0 Å². The number of rotatable bonds is 5. The molecule has 0 aliphatic heterocycles. The molecule has 23 heavy (non-hydrogen) atoms. The minimum absolute atomic E-state index is 0.319. The lowest BCUT2D eigenvalue weighted by Gasteiger charge is -2.09. The molecule has 122 valence electrons. The lowest BCUT2D eigenvalue weighted by molar-refractivity contribution is 0.399. The van der Waals surface area contributed by atoms with E-state index in [1.165, 1.54) is 4.57 Å². The molecule has 3 heterocycles. The molecular weight excluding hydrogens is 298 g/mol. The summed E-state index contributed by atoms with van der Waals surface area (Å²) >= 11 is 0. The van der Waals surface area contributed by atoms with E-state index in [0.29, 0.717) is 48.0 Å². The number of H-pyrrole nitrogens is 1. The van der Waals surface area contributed by atoms with Crippen LogP contribution in [-0.2, 0) is 13.1 Å². The van der Waals surface area contributed by atoms with Crippen molar-refractivity contribution in [2.24, 2.45) is 0 Å². The molecule has 8 nitrogen and oxygen atoms in total. The average molecular weight is 317 g/mol. The Hall–Kier alpha value is -2.64. The molecule has 1 N–H and O–H groups in total. The highest BCUT2D eigenvalue weighted by Crippen LogP contribution is 2.18. The molecule has 0 aliphatic rings. The van der Waals surface area contributed by atoms with E-state index in [9.17, 15) is 9.59 Å². The van der Waals surface area contributed by atoms with Gasteiger partial charge in [-0.2, -0.15) is 0 Å². The van der Waals surface area contributed by atoms with E-state index < -0.39 is 0 Å². The number of imidazole rings is 1. The second kappa shape index (κ2) is 5.86. The maximum Gasteiger partial charge on any atom is 0.332 e. The Morgan fingerprint density at radius 2 is 1.87 bits per heavy atom. The van der Waals surface area contributed by atoms with Crippen LogP contribution < -0.4 is 11.2 Å². The van der Waals surface area contributed by atoms with Crippen molar-refractivity contribution < 1.29 is 4.52 Å². The second-order valence-electron chi connectivity index (χ2n) is 5.50. The summed E-state index contributed by atoms with van der Waals surface area (Å²) in [6.07, 6.45) is 1.47. The molecule has 3 aromatic rings. The number of hydrogen-bond acceptors (Lipinski definition) is 5. The molecule has 0 amide bonds. The maximum absolute atomic E-state index is 12.6. The van der Waals surface area contributed by atoms with Crippen LogP contribution in [0, 0.1) is 6.92 Å². The van der Waals surface area contributed by atoms with Crippen LogP contribution in [0.5, 0.6) is 0 Å². The smallest absolute Gasteiger partial charge is 0.332 e. The van der Waals surface area contributed by atoms with Gasteiger partial charge >= 0.3 is 5.69 Å². The van der Waals surface area contributed by atoms with Gasteiger partial charge in [-0.15, -0.1) is 0 Å². The fourth-order valence-electron chi connectivity index (χ4n) is 2.61. The number of aromatic nitrogens is 5. The van der Waals surface area contributed by atoms with Crippen LogP contribution in [0.15, 0.2) is 20.2 Å². The molecule has 3 rings (SSSR count). The molecule has 0 radical (unpaired) electrons. The number of aryl methyl sites for hydroxylation is 2. The lowest BCUT2D eigenvalue weighted by atomic mass is 10.4. The zero-order valence-corrected chi connectivity index (χ0v) is 13.4. The highest BCUT2D eigenvalue weighted by atomic mass is 16.5. The molecule has 0 spiro atoms. The van der Waals surface area contributed by atoms with Crippen LogP contribution >= 0.6 is 0 Å². The largest absolute Gasteiger partial charge is 0.361 e. The van der Waals surface area contributed by atoms with E-state index in [1.807, 2.05) is 13.8 Å². The molecule has 0 atom stereocenters. The van der Waals surface area contributed by atoms with Gasteiger partial charge in [-0.1, -0.05) is 19.0 Å². The first-order valence-electron chi connectivity index (χ1n) is 7.73. The highest BCUT2D eigenvalue weighted by molar-refractivity contribution is 5.74. The molecule has 0 aliphatic carbocycles. The number of nitrogens with zero attached hydrogens (tertiary/aromatic N) is 4. The molecule has 3 aromatic heterocycles. The number of fused-ring (bicyclic) bond motifs is 1. The van der Waals surface area contributed by atoms with E-state index in [-0.39, 0.29) is 11.2 Å². The topological polar surface area (TPSA) is 98.7 Å². The Morgan fingerprint density at radius 3 is 2.48 bits per heavy atom. The summed E-state index contributed by atoms with van der Waals surface area (Å²) in [4.78, 5) is 32.6. The summed E-state index contributed by atoms with van der Waals surface area (Å²) in [7, 11) is 0. The van der Waals surface area contributed by atoms with Gasteiger partial charge in [0, 0.05) is 19.2 Å². The predicted octanol–water partition coefficient (Wildman–Crippen LogP) is 1.67. The van der Waals surface area contributed by atoms with Crippen LogP contribution in [0.2, 0.25) is 0 Å². The van der Waals surface area contributed by atoms with Gasteiger partial charge in [0.1, 0.15) is 17.0 Å². The Balaban J connectivity index is 2.31. The Bertz CT molecular complexity index is 960. The number of hydrogen-bond donors (Lipinski definition) is 1. The van der Waals surface area contributed by atoms with Gasteiger partial charge in [-0.3, -0.25) is 13.9 Å². The normalized spacial score (nSPS) is 11.4. The summed E-state index contributed by atoms with van der Waals surface area (Å²) in [5.74, 6) is 1.07. The second-order valence-corrected chi connectivity index (χ2v) is 5.50. The van der Waals surface area contributed by atoms with Crippen molar-refractivity contribution >= 4 is 11.2 Å². The summed E-state index contributed by atoms with van der Waals surface area (Å²) in [5.41, 5.74) is 0.529. The molecular formula is C15H19N5O3. The van der Waals surface area contributed by atoms with E-state index in [4.69, 9.17) is 4.52 Å². The standard InChI is InChI=1S/C15H19N5O3/c1-4-6-19-13-11(14(21)20(7-5-2)15(19)22)16-12(17-13)10-8-9(3)23-18-10/h8H,4-7H2,1-3H3,(H,16,17). The third-order valence-corrected chi connectivity index (χ3v) is 3.63. The molecule has 0 bridgehead atoms. The predicted molar refractivity (Wildman–Crippen MR) is 85.4 cm³/mol. The van der Waals surface area contributed by atoms with Crippen molar-refractivity contribution in [3.8, 4) is 11.5 Å². The molecule has 0 saturated carbocycles. The third-order valence-electron chi connectivity index (χ3n) is 3.63. The SMILES string of the molecule is CCCn1c(=O)c2[nH]c(-c3cc(C)on3)nc2n(CCC)c1=O. The van der Waals surface area contributed by atoms with Gasteiger partial charge in [0.25, 0.3) is 5.56 Å². The number of nitrogens with one attached hydrogen (secondary N) is 1. The van der Waals surface area contributed by atoms with E-state index >= 15 is 0 Å². The van der Waals surface area contributed by atoms with Crippen molar-refractivity contribution in [3.05, 3.63) is 32.7 Å². The first kappa shape index (κ1) is 15.3. The molecule has 8 heteroatoms. The van der Waals surface area contributed by atoms with Crippen LogP contribution in [0.25, 0.3) is 22.7 Å². The van der Waals surface area contributed by atoms with Crippen molar-refractivity contribution in [1.29, 1.82) is 0 Å². The third kappa shape index (κ3) is 2.49. The van der Waals surface area contributed by atoms with Gasteiger partial charge in [-0.25, -0.2) is 9.78 Å². The van der Waals surface area contributed by atoms with Crippen LogP contribution in [0.4, 0.5) is 0 Å². The number of aromatic amines is 1. The van der Waals surface area contributed by atoms with Gasteiger partial charge < -0.3 is 9.51 Å². The van der Waals surface area contributed by atoms with Crippen molar-refractivity contribution in [2.45, 2.75) is 46.7 Å². The fourth-order valence-corrected chi connectivity index (χ4v) is 2.61. The van der Waals surface area contributed by atoms with Crippen LogP contribution in [0.1, 0.15) is 32.4 Å². The van der Waals surface area contributed by atoms with Crippen LogP contribution in [-0.4, -0.2) is 24.3 Å². The summed E-state index contributed by atoms with van der Waals surface area (Å²) in [6, 6.07) is 1.73. The molecule has 0 fully saturated rings. The molecule has 0 saturated heterocycles. The average Bonchev–Trinajstić information content (AvgIpc) is 3.14. The monoisotopic (exact) mass is 317 g/mol. The van der Waals surface area contributed by atoms with Gasteiger partial charge in [0.2, 0.25) is 0 Å². The maximum atomic E-state index is 12.6. The van der Waals surface area contributed by atoms with E-state index in [1.54, 1.807) is 17.6 Å². The Morgan fingerprint density at radius 1 is 1.17 bits per heavy atom. The van der Waals surface area contributed by atoms with E-state index in [2.05, 4.69) is 15.1 Å². The van der Waals surface area contributed by atoms with Crippen molar-refractivity contribution in [2.75, 3.05) is 0 Å². The zero-order valence-electron chi connectivity index (χ0n) is 13.4. The Labute approximate surface area is 131 Å². The van der Waals surface area contributed by atoms with E-state index in [0.717, 1.165) is 6.42 Å². The zero-order chi connectivity index (χ0) is 16.6. The van der Waals surface area contributed by atoms with Crippen LogP contribution in [0.3, 0.4) is 0 Å². The Kier molecular flexibility index (Phi) is 3.89. The first-order chi connectivity index (χ1) is 11.1. The lowest BCUT2D eigenvalue weighted by Crippen LogP contribution is -2.40.